The lowest BCUT2D eigenvalue weighted by molar-refractivity contribution is 0.373. The molecule has 0 spiro atoms. The Morgan fingerprint density at radius 1 is 1.58 bits per heavy atom. The molecule has 4 N–H and O–H groups in total. The van der Waals surface area contributed by atoms with Crippen LogP contribution in [0.15, 0.2) is 16.6 Å². The average molecular weight is 233 g/mol. The van der Waals surface area contributed by atoms with E-state index in [4.69, 9.17) is 10.6 Å². The second-order valence-electron chi connectivity index (χ2n) is 2.15. The molecule has 0 aliphatic carbocycles. The number of methoxy groups -OCH3 is 1. The van der Waals surface area contributed by atoms with Gasteiger partial charge in [-0.3, -0.25) is 5.84 Å². The fourth-order valence-electron chi connectivity index (χ4n) is 0.817. The molecular formula is C7H9BrN2O2. The molecular weight excluding hydrogens is 224 g/mol. The Labute approximate surface area is 78.4 Å². The minimum Gasteiger partial charge on any atom is -0.504 e. The molecule has 0 aliphatic heterocycles. The van der Waals surface area contributed by atoms with Crippen molar-refractivity contribution in [1.29, 1.82) is 0 Å². The van der Waals surface area contributed by atoms with Gasteiger partial charge in [0.15, 0.2) is 11.5 Å². The summed E-state index contributed by atoms with van der Waals surface area (Å²) in [5, 5.41) is 9.29. The number of ether oxygens (including phenoxy) is 1. The summed E-state index contributed by atoms with van der Waals surface area (Å²) in [4.78, 5) is 0. The van der Waals surface area contributed by atoms with E-state index in [0.717, 1.165) is 0 Å². The summed E-state index contributed by atoms with van der Waals surface area (Å²) < 4.78 is 5.56. The highest BCUT2D eigenvalue weighted by molar-refractivity contribution is 9.10. The van der Waals surface area contributed by atoms with E-state index in [-0.39, 0.29) is 5.75 Å². The third-order valence-electron chi connectivity index (χ3n) is 1.42. The van der Waals surface area contributed by atoms with Crippen LogP contribution in [0.4, 0.5) is 5.69 Å². The van der Waals surface area contributed by atoms with Crippen molar-refractivity contribution in [2.24, 2.45) is 5.84 Å². The number of benzene rings is 1. The Bertz CT molecular complexity index is 266. The first kappa shape index (κ1) is 9.15. The van der Waals surface area contributed by atoms with Gasteiger partial charge < -0.3 is 15.3 Å². The molecule has 0 fully saturated rings. The number of nitrogen functional groups attached to an aromatic ring is 1. The van der Waals surface area contributed by atoms with Gasteiger partial charge in [-0.05, 0) is 15.9 Å². The molecule has 0 saturated carbocycles. The minimum absolute atomic E-state index is 0.0726. The number of nitrogens with two attached hydrogens (primary N) is 1. The Morgan fingerprint density at radius 3 is 2.75 bits per heavy atom. The molecule has 0 atom stereocenters. The van der Waals surface area contributed by atoms with Crippen molar-refractivity contribution < 1.29 is 9.84 Å². The molecule has 0 saturated heterocycles. The van der Waals surface area contributed by atoms with E-state index in [0.29, 0.717) is 15.9 Å². The van der Waals surface area contributed by atoms with Gasteiger partial charge in [0.2, 0.25) is 0 Å². The Morgan fingerprint density at radius 2 is 2.25 bits per heavy atom. The number of hydrogen-bond acceptors (Lipinski definition) is 4. The molecule has 0 radical (unpaired) electrons. The zero-order valence-corrected chi connectivity index (χ0v) is 8.05. The van der Waals surface area contributed by atoms with Gasteiger partial charge >= 0.3 is 0 Å². The van der Waals surface area contributed by atoms with Crippen LogP contribution in [0.3, 0.4) is 0 Å². The summed E-state index contributed by atoms with van der Waals surface area (Å²) in [5.41, 5.74) is 3.12. The van der Waals surface area contributed by atoms with Crippen molar-refractivity contribution in [2.45, 2.75) is 0 Å². The van der Waals surface area contributed by atoms with Crippen molar-refractivity contribution in [3.05, 3.63) is 16.6 Å². The van der Waals surface area contributed by atoms with E-state index in [9.17, 15) is 5.11 Å². The van der Waals surface area contributed by atoms with Gasteiger partial charge in [-0.25, -0.2) is 0 Å². The molecule has 0 unspecified atom stereocenters. The first-order valence-corrected chi connectivity index (χ1v) is 4.01. The number of phenols is 1. The number of rotatable bonds is 2. The maximum atomic E-state index is 9.29. The number of aromatic hydroxyl groups is 1. The quantitative estimate of drug-likeness (QED) is 0.411. The zero-order chi connectivity index (χ0) is 9.14. The molecule has 0 aromatic heterocycles. The van der Waals surface area contributed by atoms with Gasteiger partial charge in [-0.2, -0.15) is 0 Å². The number of hydrogen-bond donors (Lipinski definition) is 3. The lowest BCUT2D eigenvalue weighted by Crippen LogP contribution is -2.07. The molecule has 12 heavy (non-hydrogen) atoms. The maximum absolute atomic E-state index is 9.29. The summed E-state index contributed by atoms with van der Waals surface area (Å²) in [5.74, 6) is 5.66. The molecule has 4 nitrogen and oxygen atoms in total. The summed E-state index contributed by atoms with van der Waals surface area (Å²) in [6.07, 6.45) is 0. The first-order chi connectivity index (χ1) is 5.69. The normalized spacial score (nSPS) is 9.58. The molecule has 0 bridgehead atoms. The van der Waals surface area contributed by atoms with E-state index >= 15 is 0 Å². The van der Waals surface area contributed by atoms with Crippen molar-refractivity contribution in [3.8, 4) is 11.5 Å². The van der Waals surface area contributed by atoms with Crippen molar-refractivity contribution in [3.63, 3.8) is 0 Å². The second kappa shape index (κ2) is 3.64. The van der Waals surface area contributed by atoms with E-state index in [1.807, 2.05) is 0 Å². The van der Waals surface area contributed by atoms with Gasteiger partial charge in [-0.1, -0.05) is 0 Å². The van der Waals surface area contributed by atoms with Crippen LogP contribution in [0.5, 0.6) is 11.5 Å². The van der Waals surface area contributed by atoms with Gasteiger partial charge in [0, 0.05) is 16.6 Å². The van der Waals surface area contributed by atoms with Crippen molar-refractivity contribution in [1.82, 2.24) is 0 Å². The molecule has 0 heterocycles. The smallest absolute Gasteiger partial charge is 0.162 e. The summed E-state index contributed by atoms with van der Waals surface area (Å²) in [7, 11) is 1.48. The van der Waals surface area contributed by atoms with E-state index in [2.05, 4.69) is 21.4 Å². The van der Waals surface area contributed by atoms with Crippen LogP contribution in [0.2, 0.25) is 0 Å². The predicted molar refractivity (Wildman–Crippen MR) is 50.2 cm³/mol. The Balaban J connectivity index is 3.18. The number of hydrazine groups is 1. The third-order valence-corrected chi connectivity index (χ3v) is 2.08. The summed E-state index contributed by atoms with van der Waals surface area (Å²) in [6, 6.07) is 3.10. The lowest BCUT2D eigenvalue weighted by atomic mass is 10.3. The van der Waals surface area contributed by atoms with E-state index in [1.165, 1.54) is 13.2 Å². The highest BCUT2D eigenvalue weighted by Crippen LogP contribution is 2.34. The number of anilines is 1. The monoisotopic (exact) mass is 232 g/mol. The summed E-state index contributed by atoms with van der Waals surface area (Å²) >= 11 is 3.21. The van der Waals surface area contributed by atoms with Crippen molar-refractivity contribution >= 4 is 21.6 Å². The summed E-state index contributed by atoms with van der Waals surface area (Å²) in [6.45, 7) is 0. The van der Waals surface area contributed by atoms with E-state index < -0.39 is 0 Å². The molecule has 1 aromatic rings. The van der Waals surface area contributed by atoms with Crippen LogP contribution >= 0.6 is 15.9 Å². The standard InChI is InChI=1S/C7H9BrN2O2/c1-12-7-3-5(10-9)4(8)2-6(7)11/h2-3,10-11H,9H2,1H3. The molecule has 1 aromatic carbocycles. The van der Waals surface area contributed by atoms with E-state index in [1.54, 1.807) is 6.07 Å². The first-order valence-electron chi connectivity index (χ1n) is 3.22. The molecule has 5 heteroatoms. The topological polar surface area (TPSA) is 67.5 Å². The lowest BCUT2D eigenvalue weighted by Gasteiger charge is -2.07. The largest absolute Gasteiger partial charge is 0.504 e. The molecule has 0 amide bonds. The average Bonchev–Trinajstić information content (AvgIpc) is 2.05. The van der Waals surface area contributed by atoms with Gasteiger partial charge in [-0.15, -0.1) is 0 Å². The van der Waals surface area contributed by atoms with Crippen LogP contribution in [0.25, 0.3) is 0 Å². The number of nitrogens with one attached hydrogen (secondary N) is 1. The predicted octanol–water partition coefficient (Wildman–Crippen LogP) is 1.45. The van der Waals surface area contributed by atoms with Gasteiger partial charge in [0.05, 0.1) is 12.8 Å². The van der Waals surface area contributed by atoms with Crippen LogP contribution < -0.4 is 16.0 Å². The fourth-order valence-corrected chi connectivity index (χ4v) is 1.26. The number of halogens is 1. The molecule has 66 valence electrons. The minimum atomic E-state index is 0.0726. The SMILES string of the molecule is COc1cc(NN)c(Br)cc1O. The molecule has 0 aliphatic rings. The van der Waals surface area contributed by atoms with Crippen molar-refractivity contribution in [2.75, 3.05) is 12.5 Å². The second-order valence-corrected chi connectivity index (χ2v) is 3.00. The van der Waals surface area contributed by atoms with Gasteiger partial charge in [0.25, 0.3) is 0 Å². The van der Waals surface area contributed by atoms with Gasteiger partial charge in [0.1, 0.15) is 0 Å². The van der Waals surface area contributed by atoms with Crippen LogP contribution in [-0.2, 0) is 0 Å². The third kappa shape index (κ3) is 1.62. The zero-order valence-electron chi connectivity index (χ0n) is 6.47. The highest BCUT2D eigenvalue weighted by atomic mass is 79.9. The molecule has 1 rings (SSSR count). The van der Waals surface area contributed by atoms with Crippen LogP contribution in [-0.4, -0.2) is 12.2 Å². The van der Waals surface area contributed by atoms with Crippen LogP contribution in [0.1, 0.15) is 0 Å². The Kier molecular flexibility index (Phi) is 2.78. The Hall–Kier alpha value is -0.940. The fraction of sp³-hybridized carbons (Fsp3) is 0.143. The number of phenolic OH excluding ortho intramolecular Hbond substituents is 1. The maximum Gasteiger partial charge on any atom is 0.162 e. The van der Waals surface area contributed by atoms with Crippen LogP contribution in [0, 0.1) is 0 Å². The highest BCUT2D eigenvalue weighted by Gasteiger charge is 2.06.